The van der Waals surface area contributed by atoms with Gasteiger partial charge in [-0.15, -0.1) is 0 Å². The van der Waals surface area contributed by atoms with Gasteiger partial charge < -0.3 is 14.4 Å². The molecule has 0 saturated carbocycles. The fourth-order valence-electron chi connectivity index (χ4n) is 4.21. The number of aromatic nitrogens is 1. The van der Waals surface area contributed by atoms with Crippen molar-refractivity contribution in [1.29, 1.82) is 0 Å². The van der Waals surface area contributed by atoms with Crippen molar-refractivity contribution < 1.29 is 9.59 Å². The Morgan fingerprint density at radius 2 is 1.64 bits per heavy atom. The summed E-state index contributed by atoms with van der Waals surface area (Å²) in [7, 11) is 0. The smallest absolute Gasteiger partial charge is 0.242 e. The lowest BCUT2D eigenvalue weighted by Gasteiger charge is -2.30. The van der Waals surface area contributed by atoms with Crippen LogP contribution in [0.5, 0.6) is 0 Å². The van der Waals surface area contributed by atoms with Gasteiger partial charge in [-0.05, 0) is 62.1 Å². The molecular weight excluding hydrogens is 514 g/mol. The van der Waals surface area contributed by atoms with Gasteiger partial charge in [0.1, 0.15) is 0 Å². The highest BCUT2D eigenvalue weighted by molar-refractivity contribution is 9.10. The molecule has 0 unspecified atom stereocenters. The van der Waals surface area contributed by atoms with Crippen molar-refractivity contribution in [3.8, 4) is 0 Å². The number of hydrogen-bond donors (Lipinski definition) is 0. The predicted octanol–water partition coefficient (Wildman–Crippen LogP) is 6.30. The zero-order valence-electron chi connectivity index (χ0n) is 21.7. The van der Waals surface area contributed by atoms with E-state index in [1.54, 1.807) is 4.90 Å². The normalized spacial score (nSPS) is 11.0. The second kappa shape index (κ2) is 14.0. The fraction of sp³-hybridized carbons (Fsp3) is 0.400. The Hall–Kier alpha value is -2.86. The average molecular weight is 553 g/mol. The molecule has 6 heteroatoms. The fourth-order valence-corrected chi connectivity index (χ4v) is 4.48. The Balaban J connectivity index is 1.67. The summed E-state index contributed by atoms with van der Waals surface area (Å²) in [6, 6.07) is 22.4. The van der Waals surface area contributed by atoms with Crippen LogP contribution in [0.25, 0.3) is 0 Å². The summed E-state index contributed by atoms with van der Waals surface area (Å²) in [4.78, 5) is 30.2. The van der Waals surface area contributed by atoms with Gasteiger partial charge in [0.2, 0.25) is 11.8 Å². The molecule has 36 heavy (non-hydrogen) atoms. The van der Waals surface area contributed by atoms with E-state index in [-0.39, 0.29) is 24.4 Å². The minimum absolute atomic E-state index is 0.00148. The number of nitrogens with zero attached hydrogens (tertiary/aromatic N) is 3. The Morgan fingerprint density at radius 3 is 2.31 bits per heavy atom. The number of carbonyl (C=O) groups is 2. The van der Waals surface area contributed by atoms with Gasteiger partial charge in [0.15, 0.2) is 0 Å². The molecule has 5 nitrogen and oxygen atoms in total. The van der Waals surface area contributed by atoms with Crippen LogP contribution in [-0.4, -0.2) is 45.3 Å². The Morgan fingerprint density at radius 1 is 0.917 bits per heavy atom. The van der Waals surface area contributed by atoms with Crippen LogP contribution in [0.15, 0.2) is 77.4 Å². The lowest BCUT2D eigenvalue weighted by Crippen LogP contribution is -2.46. The Labute approximate surface area is 224 Å². The third kappa shape index (κ3) is 8.37. The topological polar surface area (TPSA) is 45.6 Å². The molecule has 2 aromatic carbocycles. The molecule has 0 fully saturated rings. The highest BCUT2D eigenvalue weighted by atomic mass is 79.9. The number of rotatable bonds is 13. The lowest BCUT2D eigenvalue weighted by molar-refractivity contribution is -0.142. The molecule has 2 amide bonds. The second-order valence-electron chi connectivity index (χ2n) is 9.52. The van der Waals surface area contributed by atoms with Crippen molar-refractivity contribution in [1.82, 2.24) is 14.4 Å². The van der Waals surface area contributed by atoms with Gasteiger partial charge in [0, 0.05) is 41.9 Å². The molecule has 0 saturated heterocycles. The van der Waals surface area contributed by atoms with Gasteiger partial charge in [-0.3, -0.25) is 9.59 Å². The maximum Gasteiger partial charge on any atom is 0.242 e. The zero-order chi connectivity index (χ0) is 25.9. The zero-order valence-corrected chi connectivity index (χ0v) is 23.3. The van der Waals surface area contributed by atoms with Gasteiger partial charge >= 0.3 is 0 Å². The molecule has 0 radical (unpaired) electrons. The number of halogens is 1. The Bertz CT molecular complexity index is 1090. The third-order valence-corrected chi connectivity index (χ3v) is 6.93. The SMILES string of the molecule is CCCCN(Cc1cccn1Cc1ccc(Br)cc1)C(=O)CN(C(=O)CCc1ccccc1)C(C)C. The van der Waals surface area contributed by atoms with E-state index >= 15 is 0 Å². The summed E-state index contributed by atoms with van der Waals surface area (Å²) in [5.74, 6) is 0.0258. The molecule has 0 spiro atoms. The minimum atomic E-state index is -0.0356. The van der Waals surface area contributed by atoms with Crippen LogP contribution in [0, 0.1) is 0 Å². The molecule has 3 rings (SSSR count). The predicted molar refractivity (Wildman–Crippen MR) is 150 cm³/mol. The number of unbranched alkanes of at least 4 members (excludes halogenated alkanes) is 1. The lowest BCUT2D eigenvalue weighted by atomic mass is 10.1. The summed E-state index contributed by atoms with van der Waals surface area (Å²) in [5.41, 5.74) is 3.43. The molecular formula is C30H38BrN3O2. The molecule has 0 N–H and O–H groups in total. The van der Waals surface area contributed by atoms with Crippen molar-refractivity contribution >= 4 is 27.7 Å². The van der Waals surface area contributed by atoms with Gasteiger partial charge in [0.05, 0.1) is 13.1 Å². The molecule has 0 aliphatic rings. The summed E-state index contributed by atoms with van der Waals surface area (Å²) < 4.78 is 3.25. The molecule has 1 heterocycles. The number of hydrogen-bond acceptors (Lipinski definition) is 2. The van der Waals surface area contributed by atoms with E-state index < -0.39 is 0 Å². The third-order valence-electron chi connectivity index (χ3n) is 6.40. The molecule has 0 aliphatic carbocycles. The van der Waals surface area contributed by atoms with Crippen LogP contribution in [0.3, 0.4) is 0 Å². The van der Waals surface area contributed by atoms with E-state index in [4.69, 9.17) is 0 Å². The van der Waals surface area contributed by atoms with E-state index in [0.717, 1.165) is 35.1 Å². The maximum atomic E-state index is 13.5. The van der Waals surface area contributed by atoms with Crippen molar-refractivity contribution in [3.05, 3.63) is 94.2 Å². The van der Waals surface area contributed by atoms with E-state index in [0.29, 0.717) is 25.9 Å². The number of carbonyl (C=O) groups excluding carboxylic acids is 2. The standard InChI is InChI=1S/C30H38BrN3O2/c1-4-5-19-33(22-28-12-9-20-32(28)21-26-13-16-27(31)17-14-26)30(36)23-34(24(2)3)29(35)18-15-25-10-7-6-8-11-25/h6-14,16-17,20,24H,4-5,15,18-19,21-23H2,1-3H3. The molecule has 0 aliphatic heterocycles. The van der Waals surface area contributed by atoms with Crippen molar-refractivity contribution in [2.75, 3.05) is 13.1 Å². The van der Waals surface area contributed by atoms with Gasteiger partial charge in [-0.2, -0.15) is 0 Å². The van der Waals surface area contributed by atoms with Crippen LogP contribution in [-0.2, 0) is 29.1 Å². The number of benzene rings is 2. The summed E-state index contributed by atoms with van der Waals surface area (Å²) in [6.07, 6.45) is 5.09. The number of amides is 2. The van der Waals surface area contributed by atoms with Crippen LogP contribution in [0.4, 0.5) is 0 Å². The van der Waals surface area contributed by atoms with Crippen LogP contribution in [0.2, 0.25) is 0 Å². The summed E-state index contributed by atoms with van der Waals surface area (Å²) in [5, 5.41) is 0. The van der Waals surface area contributed by atoms with Crippen molar-refractivity contribution in [2.24, 2.45) is 0 Å². The van der Waals surface area contributed by atoms with E-state index in [9.17, 15) is 9.59 Å². The number of aryl methyl sites for hydroxylation is 1. The minimum Gasteiger partial charge on any atom is -0.345 e. The van der Waals surface area contributed by atoms with E-state index in [1.165, 1.54) is 5.56 Å². The van der Waals surface area contributed by atoms with Crippen molar-refractivity contribution in [2.45, 2.75) is 65.6 Å². The molecule has 1 aromatic heterocycles. The van der Waals surface area contributed by atoms with Gasteiger partial charge in [-0.1, -0.05) is 71.7 Å². The summed E-state index contributed by atoms with van der Waals surface area (Å²) in [6.45, 7) is 8.17. The Kier molecular flexibility index (Phi) is 10.8. The summed E-state index contributed by atoms with van der Waals surface area (Å²) >= 11 is 3.49. The molecule has 0 bridgehead atoms. The highest BCUT2D eigenvalue weighted by Gasteiger charge is 2.24. The maximum absolute atomic E-state index is 13.5. The first-order valence-electron chi connectivity index (χ1n) is 12.9. The first-order valence-corrected chi connectivity index (χ1v) is 13.7. The van der Waals surface area contributed by atoms with Gasteiger partial charge in [0.25, 0.3) is 0 Å². The van der Waals surface area contributed by atoms with Crippen LogP contribution < -0.4 is 0 Å². The molecule has 3 aromatic rings. The monoisotopic (exact) mass is 551 g/mol. The molecule has 192 valence electrons. The largest absolute Gasteiger partial charge is 0.345 e. The second-order valence-corrected chi connectivity index (χ2v) is 10.4. The van der Waals surface area contributed by atoms with Crippen LogP contribution >= 0.6 is 15.9 Å². The van der Waals surface area contributed by atoms with E-state index in [2.05, 4.69) is 51.8 Å². The average Bonchev–Trinajstić information content (AvgIpc) is 3.31. The first-order chi connectivity index (χ1) is 17.4. The molecule has 0 atom stereocenters. The first kappa shape index (κ1) is 27.7. The van der Waals surface area contributed by atoms with E-state index in [1.807, 2.05) is 67.3 Å². The highest BCUT2D eigenvalue weighted by Crippen LogP contribution is 2.16. The van der Waals surface area contributed by atoms with Gasteiger partial charge in [-0.25, -0.2) is 0 Å². The van der Waals surface area contributed by atoms with Crippen molar-refractivity contribution in [3.63, 3.8) is 0 Å². The quantitative estimate of drug-likeness (QED) is 0.250. The van der Waals surface area contributed by atoms with Crippen LogP contribution in [0.1, 0.15) is 56.9 Å².